The van der Waals surface area contributed by atoms with Gasteiger partial charge in [0.25, 0.3) is 0 Å². The highest BCUT2D eigenvalue weighted by molar-refractivity contribution is 7.89. The lowest BCUT2D eigenvalue weighted by atomic mass is 10.1. The van der Waals surface area contributed by atoms with Crippen LogP contribution in [0, 0.1) is 0 Å². The van der Waals surface area contributed by atoms with Crippen molar-refractivity contribution in [2.24, 2.45) is 5.14 Å². The average Bonchev–Trinajstić information content (AvgIpc) is 3.87. The zero-order chi connectivity index (χ0) is 36.0. The van der Waals surface area contributed by atoms with Crippen LogP contribution in [0.4, 0.5) is 24.9 Å². The highest BCUT2D eigenvalue weighted by Crippen LogP contribution is 2.41. The van der Waals surface area contributed by atoms with Crippen LogP contribution in [0.3, 0.4) is 0 Å². The van der Waals surface area contributed by atoms with E-state index in [1.807, 2.05) is 19.0 Å². The van der Waals surface area contributed by atoms with Gasteiger partial charge in [0.2, 0.25) is 21.8 Å². The number of aryl methyl sites for hydroxylation is 1. The molecule has 0 unspecified atom stereocenters. The van der Waals surface area contributed by atoms with Crippen molar-refractivity contribution in [1.29, 1.82) is 0 Å². The lowest BCUT2D eigenvalue weighted by Gasteiger charge is -2.22. The van der Waals surface area contributed by atoms with Crippen LogP contribution in [0.25, 0.3) is 11.2 Å². The minimum Gasteiger partial charge on any atom is -0.449 e. The predicted octanol–water partition coefficient (Wildman–Crippen LogP) is 0.380. The molecular formula is C28H35F3N12O6S. The summed E-state index contributed by atoms with van der Waals surface area (Å²) in [6.07, 6.45) is -9.40. The summed E-state index contributed by atoms with van der Waals surface area (Å²) in [7, 11) is 0.108. The molecule has 0 amide bonds. The third-order valence-corrected chi connectivity index (χ3v) is 9.44. The van der Waals surface area contributed by atoms with Crippen molar-refractivity contribution in [3.05, 3.63) is 42.0 Å². The molecule has 0 saturated carbocycles. The van der Waals surface area contributed by atoms with Crippen LogP contribution < -0.4 is 15.4 Å². The van der Waals surface area contributed by atoms with Crippen molar-refractivity contribution in [3.8, 4) is 0 Å². The highest BCUT2D eigenvalue weighted by atomic mass is 32.2. The fourth-order valence-corrected chi connectivity index (χ4v) is 6.30. The molecule has 1 aromatic carbocycles. The fourth-order valence-electron chi connectivity index (χ4n) is 5.78. The van der Waals surface area contributed by atoms with Gasteiger partial charge < -0.3 is 29.7 Å². The Morgan fingerprint density at radius 2 is 1.96 bits per heavy atom. The summed E-state index contributed by atoms with van der Waals surface area (Å²) in [5.41, 5.74) is 1.26. The number of hydrogen-bond acceptors (Lipinski definition) is 15. The number of sulfonamides is 1. The van der Waals surface area contributed by atoms with E-state index in [0.29, 0.717) is 37.8 Å². The number of benzene rings is 1. The number of fused-ring (bicyclic) bond motifs is 1. The number of anilines is 2. The number of aliphatic hydroxyl groups is 1. The molecule has 4 aromatic rings. The highest BCUT2D eigenvalue weighted by Gasteiger charge is 2.53. The molecule has 4 N–H and O–H groups in total. The zero-order valence-electron chi connectivity index (χ0n) is 27.1. The van der Waals surface area contributed by atoms with Gasteiger partial charge in [-0.05, 0) is 56.8 Å². The number of halogens is 3. The number of esters is 1. The van der Waals surface area contributed by atoms with E-state index in [9.17, 15) is 31.5 Å². The number of carbonyl (C=O) groups is 1. The molecule has 0 radical (unpaired) electrons. The lowest BCUT2D eigenvalue weighted by Crippen LogP contribution is -2.38. The van der Waals surface area contributed by atoms with Gasteiger partial charge in [-0.2, -0.15) is 27.9 Å². The van der Waals surface area contributed by atoms with Crippen molar-refractivity contribution in [2.75, 3.05) is 43.9 Å². The minimum absolute atomic E-state index is 0.0109. The number of likely N-dealkylation sites (N-methyl/N-ethyl adjacent to an activating group) is 1. The number of aliphatic hydroxyl groups excluding tert-OH is 1. The van der Waals surface area contributed by atoms with Crippen molar-refractivity contribution >= 4 is 38.9 Å². The largest absolute Gasteiger partial charge is 0.490 e. The van der Waals surface area contributed by atoms with E-state index in [1.54, 1.807) is 19.1 Å². The number of alkyl halides is 3. The van der Waals surface area contributed by atoms with Gasteiger partial charge in [-0.3, -0.25) is 4.57 Å². The van der Waals surface area contributed by atoms with E-state index >= 15 is 0 Å². The van der Waals surface area contributed by atoms with Crippen molar-refractivity contribution in [2.45, 2.75) is 68.0 Å². The topological polar surface area (TPSA) is 222 Å². The number of hydrogen-bond donors (Lipinski definition) is 3. The van der Waals surface area contributed by atoms with Gasteiger partial charge in [-0.15, -0.1) is 10.2 Å². The Bertz CT molecular complexity index is 1960. The summed E-state index contributed by atoms with van der Waals surface area (Å²) in [5.74, 6) is -2.05. The lowest BCUT2D eigenvalue weighted by molar-refractivity contribution is -0.210. The molecule has 2 aliphatic heterocycles. The van der Waals surface area contributed by atoms with E-state index in [0.717, 1.165) is 16.8 Å². The second-order valence-corrected chi connectivity index (χ2v) is 13.6. The summed E-state index contributed by atoms with van der Waals surface area (Å²) in [4.78, 5) is 31.1. The normalized spacial score (nSPS) is 22.9. The van der Waals surface area contributed by atoms with Gasteiger partial charge in [0, 0.05) is 25.7 Å². The first-order valence-electron chi connectivity index (χ1n) is 15.5. The second-order valence-electron chi connectivity index (χ2n) is 12.1. The number of ether oxygens (including phenoxy) is 2. The maximum absolute atomic E-state index is 13.3. The van der Waals surface area contributed by atoms with Gasteiger partial charge >= 0.3 is 12.1 Å². The number of rotatable bonds is 11. The third-order valence-electron chi connectivity index (χ3n) is 8.51. The summed E-state index contributed by atoms with van der Waals surface area (Å²) in [6.45, 7) is 3.59. The van der Waals surface area contributed by atoms with Crippen LogP contribution in [-0.2, 0) is 37.3 Å². The molecule has 5 atom stereocenters. The molecule has 18 nitrogen and oxygen atoms in total. The fraction of sp³-hybridized carbons (Fsp3) is 0.536. The molecule has 0 aliphatic carbocycles. The number of nitrogens with zero attached hydrogens (tertiary/aromatic N) is 10. The maximum Gasteiger partial charge on any atom is 0.490 e. The van der Waals surface area contributed by atoms with Crippen LogP contribution in [0.1, 0.15) is 37.1 Å². The number of imidazole rings is 1. The molecule has 2 aliphatic rings. The van der Waals surface area contributed by atoms with Crippen LogP contribution in [0.2, 0.25) is 0 Å². The van der Waals surface area contributed by atoms with E-state index in [2.05, 4.69) is 30.6 Å². The summed E-state index contributed by atoms with van der Waals surface area (Å²) in [5, 5.41) is 31.6. The van der Waals surface area contributed by atoms with Gasteiger partial charge in [0.15, 0.2) is 35.4 Å². The van der Waals surface area contributed by atoms with Crippen LogP contribution in [-0.4, -0.2) is 122 Å². The van der Waals surface area contributed by atoms with E-state index in [1.165, 1.54) is 23.0 Å². The first kappa shape index (κ1) is 35.3. The van der Waals surface area contributed by atoms with E-state index < -0.39 is 46.7 Å². The average molecular weight is 725 g/mol. The molecule has 0 spiro atoms. The van der Waals surface area contributed by atoms with Gasteiger partial charge in [0.05, 0.1) is 17.8 Å². The standard InChI is InChI=1S/C28H35F3N12O6S/c1-4-43-38-23(37-39-43)21-20(49-26(45)28(29,30)31)19(44)25(48-21)42-14-34-18-22(33-11-9-15-5-7-17(8-6-15)50(32,46)47)35-27(36-24(18)42)41-12-10-16(13-41)40(2)3/h5-8,14,16,19-21,25,44H,4,9-13H2,1-3H3,(H2,32,46,47)(H,33,35,36)/t16-,19-,20+,21+,25-/m1/s1. The van der Waals surface area contributed by atoms with Crippen molar-refractivity contribution < 1.29 is 41.0 Å². The Morgan fingerprint density at radius 3 is 2.58 bits per heavy atom. The molecular weight excluding hydrogens is 689 g/mol. The second kappa shape index (κ2) is 13.7. The monoisotopic (exact) mass is 724 g/mol. The third kappa shape index (κ3) is 7.19. The van der Waals surface area contributed by atoms with Crippen molar-refractivity contribution in [1.82, 2.24) is 44.6 Å². The number of tetrazole rings is 1. The van der Waals surface area contributed by atoms with E-state index in [4.69, 9.17) is 24.6 Å². The van der Waals surface area contributed by atoms with E-state index in [-0.39, 0.29) is 34.5 Å². The first-order valence-corrected chi connectivity index (χ1v) is 17.1. The van der Waals surface area contributed by atoms with Gasteiger partial charge in [0.1, 0.15) is 6.10 Å². The Hall–Kier alpha value is -4.51. The van der Waals surface area contributed by atoms with Crippen LogP contribution >= 0.6 is 0 Å². The van der Waals surface area contributed by atoms with Crippen LogP contribution in [0.5, 0.6) is 0 Å². The predicted molar refractivity (Wildman–Crippen MR) is 168 cm³/mol. The quantitative estimate of drug-likeness (QED) is 0.178. The Kier molecular flexibility index (Phi) is 9.65. The summed E-state index contributed by atoms with van der Waals surface area (Å²) < 4.78 is 75.1. The molecule has 5 heterocycles. The Morgan fingerprint density at radius 1 is 1.22 bits per heavy atom. The maximum atomic E-state index is 13.3. The number of primary sulfonamides is 1. The Balaban J connectivity index is 1.33. The summed E-state index contributed by atoms with van der Waals surface area (Å²) >= 11 is 0. The SMILES string of the molecule is CCn1nnc([C@H]2O[C@@H](n3cnc4c(NCCc5ccc(S(N)(=O)=O)cc5)nc(N5CC[C@@H](N(C)C)C5)nc43)[C@H](O)[C@@H]2OC(=O)C(F)(F)F)n1. The van der Waals surface area contributed by atoms with Gasteiger partial charge in [-0.1, -0.05) is 12.1 Å². The minimum atomic E-state index is -5.34. The molecule has 270 valence electrons. The number of carbonyl (C=O) groups excluding carboxylic acids is 1. The zero-order valence-corrected chi connectivity index (χ0v) is 27.9. The Labute approximate surface area is 283 Å². The molecule has 22 heteroatoms. The number of aromatic nitrogens is 8. The molecule has 6 rings (SSSR count). The molecule has 2 saturated heterocycles. The molecule has 50 heavy (non-hydrogen) atoms. The first-order chi connectivity index (χ1) is 23.6. The summed E-state index contributed by atoms with van der Waals surface area (Å²) in [6, 6.07) is 6.35. The molecule has 3 aromatic heterocycles. The smallest absolute Gasteiger partial charge is 0.449 e. The van der Waals surface area contributed by atoms with Crippen molar-refractivity contribution in [3.63, 3.8) is 0 Å². The molecule has 2 fully saturated rings. The molecule has 0 bridgehead atoms. The number of nitrogens with two attached hydrogens (primary N) is 1. The number of nitrogens with one attached hydrogen (secondary N) is 1. The van der Waals surface area contributed by atoms with Crippen LogP contribution in [0.15, 0.2) is 35.5 Å². The van der Waals surface area contributed by atoms with Gasteiger partial charge in [-0.25, -0.2) is 23.3 Å².